The van der Waals surface area contributed by atoms with Crippen LogP contribution in [-0.4, -0.2) is 25.0 Å². The van der Waals surface area contributed by atoms with E-state index in [2.05, 4.69) is 17.1 Å². The number of hydrogen-bond acceptors (Lipinski definition) is 5. The summed E-state index contributed by atoms with van der Waals surface area (Å²) in [6, 6.07) is 11.7. The second-order valence-corrected chi connectivity index (χ2v) is 6.22. The SMILES string of the molecule is CCOC1(OCC)[NH+]=C(N)[C@@]2(C#N)[C@@H](c3ccccc3Cl)[C@@]12C#N. The molecule has 124 valence electrons. The fourth-order valence-electron chi connectivity index (χ4n) is 4.03. The van der Waals surface area contributed by atoms with Crippen molar-refractivity contribution in [1.29, 1.82) is 10.5 Å². The van der Waals surface area contributed by atoms with Crippen molar-refractivity contribution in [3.63, 3.8) is 0 Å². The second-order valence-electron chi connectivity index (χ2n) is 5.82. The standard InChI is InChI=1S/C17H17ClN4O2/c1-3-23-17(24-4-2)16(10-20)13(11-7-5-6-8-12(11)18)15(16,9-19)14(21)22-17/h5-8,13H,3-4H2,1-2H3,(H2,21,22)/p+1/t13-,15-,16-/m1/s1. The van der Waals surface area contributed by atoms with Crippen LogP contribution in [-0.2, 0) is 9.47 Å². The van der Waals surface area contributed by atoms with Gasteiger partial charge in [-0.1, -0.05) is 29.8 Å². The van der Waals surface area contributed by atoms with Crippen molar-refractivity contribution in [3.05, 3.63) is 34.9 Å². The Morgan fingerprint density at radius 2 is 1.83 bits per heavy atom. The third-order valence-corrected chi connectivity index (χ3v) is 5.26. The Morgan fingerprint density at radius 3 is 2.33 bits per heavy atom. The molecule has 24 heavy (non-hydrogen) atoms. The molecule has 3 N–H and O–H groups in total. The lowest BCUT2D eigenvalue weighted by atomic mass is 9.93. The Balaban J connectivity index is 2.25. The molecule has 3 rings (SSSR count). The molecule has 0 bridgehead atoms. The lowest BCUT2D eigenvalue weighted by Crippen LogP contribution is -2.91. The molecule has 1 aromatic rings. The number of ether oxygens (including phenoxy) is 2. The number of halogens is 1. The van der Waals surface area contributed by atoms with Crippen LogP contribution in [0.15, 0.2) is 24.3 Å². The molecule has 0 aromatic heterocycles. The molecule has 1 saturated carbocycles. The molecule has 0 saturated heterocycles. The van der Waals surface area contributed by atoms with Gasteiger partial charge in [0.05, 0.1) is 25.4 Å². The zero-order valence-corrected chi connectivity index (χ0v) is 14.2. The Bertz CT molecular complexity index is 791. The van der Waals surface area contributed by atoms with Crippen LogP contribution in [0.2, 0.25) is 5.02 Å². The first-order chi connectivity index (χ1) is 11.5. The van der Waals surface area contributed by atoms with E-state index in [1.165, 1.54) is 0 Å². The van der Waals surface area contributed by atoms with E-state index in [9.17, 15) is 10.5 Å². The van der Waals surface area contributed by atoms with E-state index in [-0.39, 0.29) is 5.84 Å². The molecular formula is C17H18ClN4O2+. The van der Waals surface area contributed by atoms with E-state index in [0.717, 1.165) is 0 Å². The molecule has 1 aliphatic heterocycles. The molecule has 1 aromatic carbocycles. The second kappa shape index (κ2) is 5.46. The first-order valence-corrected chi connectivity index (χ1v) is 8.15. The summed E-state index contributed by atoms with van der Waals surface area (Å²) >= 11 is 6.33. The number of rotatable bonds is 5. The van der Waals surface area contributed by atoms with Crippen LogP contribution >= 0.6 is 11.6 Å². The average Bonchev–Trinajstić information content (AvgIpc) is 3.14. The van der Waals surface area contributed by atoms with Gasteiger partial charge in [0.15, 0.2) is 10.8 Å². The van der Waals surface area contributed by atoms with Gasteiger partial charge in [-0.05, 0) is 25.5 Å². The highest BCUT2D eigenvalue weighted by molar-refractivity contribution is 6.31. The fraction of sp³-hybridized carbons (Fsp3) is 0.471. The summed E-state index contributed by atoms with van der Waals surface area (Å²) < 4.78 is 11.6. The minimum absolute atomic E-state index is 0.179. The van der Waals surface area contributed by atoms with Crippen molar-refractivity contribution in [2.24, 2.45) is 16.6 Å². The molecule has 6 nitrogen and oxygen atoms in total. The number of fused-ring (bicyclic) bond motifs is 1. The average molecular weight is 346 g/mol. The highest BCUT2D eigenvalue weighted by Gasteiger charge is 2.97. The van der Waals surface area contributed by atoms with Gasteiger partial charge in [0.25, 0.3) is 5.84 Å². The quantitative estimate of drug-likeness (QED) is 0.761. The van der Waals surface area contributed by atoms with Crippen molar-refractivity contribution in [2.75, 3.05) is 13.2 Å². The van der Waals surface area contributed by atoms with E-state index in [4.69, 9.17) is 26.8 Å². The number of hydrogen-bond donors (Lipinski definition) is 2. The zero-order valence-electron chi connectivity index (χ0n) is 13.5. The summed E-state index contributed by atoms with van der Waals surface area (Å²) in [6.45, 7) is 4.17. The summed E-state index contributed by atoms with van der Waals surface area (Å²) in [5.41, 5.74) is 4.30. The molecular weight excluding hydrogens is 328 g/mol. The molecule has 1 fully saturated rings. The van der Waals surface area contributed by atoms with Gasteiger partial charge >= 0.3 is 5.91 Å². The van der Waals surface area contributed by atoms with Crippen LogP contribution in [0.3, 0.4) is 0 Å². The van der Waals surface area contributed by atoms with Crippen molar-refractivity contribution in [2.45, 2.75) is 25.7 Å². The minimum atomic E-state index is -1.48. The van der Waals surface area contributed by atoms with Gasteiger partial charge in [0.2, 0.25) is 0 Å². The van der Waals surface area contributed by atoms with Crippen LogP contribution < -0.4 is 10.7 Å². The maximum absolute atomic E-state index is 10.1. The van der Waals surface area contributed by atoms with Gasteiger partial charge in [-0.3, -0.25) is 5.73 Å². The highest BCUT2D eigenvalue weighted by Crippen LogP contribution is 2.79. The summed E-state index contributed by atoms with van der Waals surface area (Å²) in [6.07, 6.45) is 0. The van der Waals surface area contributed by atoms with Gasteiger partial charge < -0.3 is 9.47 Å². The number of nitriles is 2. The van der Waals surface area contributed by atoms with Gasteiger partial charge in [-0.2, -0.15) is 10.5 Å². The molecule has 0 radical (unpaired) electrons. The molecule has 0 unspecified atom stereocenters. The third kappa shape index (κ3) is 1.63. The molecule has 0 spiro atoms. The Kier molecular flexibility index (Phi) is 3.80. The molecule has 7 heteroatoms. The summed E-state index contributed by atoms with van der Waals surface area (Å²) in [7, 11) is 0. The van der Waals surface area contributed by atoms with Crippen LogP contribution in [0, 0.1) is 33.5 Å². The highest BCUT2D eigenvalue weighted by atomic mass is 35.5. The number of nitrogens with zero attached hydrogens (tertiary/aromatic N) is 2. The Morgan fingerprint density at radius 1 is 1.21 bits per heavy atom. The normalized spacial score (nSPS) is 32.4. The lowest BCUT2D eigenvalue weighted by Gasteiger charge is -2.29. The first-order valence-electron chi connectivity index (χ1n) is 7.77. The van der Waals surface area contributed by atoms with Crippen molar-refractivity contribution in [3.8, 4) is 12.1 Å². The minimum Gasteiger partial charge on any atom is -0.314 e. The number of benzene rings is 1. The predicted molar refractivity (Wildman–Crippen MR) is 86.4 cm³/mol. The van der Waals surface area contributed by atoms with Crippen LogP contribution in [0.1, 0.15) is 25.3 Å². The van der Waals surface area contributed by atoms with Gasteiger partial charge in [0, 0.05) is 10.9 Å². The van der Waals surface area contributed by atoms with Gasteiger partial charge in [-0.25, -0.2) is 4.99 Å². The molecule has 3 atom stereocenters. The van der Waals surface area contributed by atoms with Crippen molar-refractivity contribution >= 4 is 17.4 Å². The summed E-state index contributed by atoms with van der Waals surface area (Å²) in [5, 5.41) is 20.5. The van der Waals surface area contributed by atoms with Crippen LogP contribution in [0.4, 0.5) is 0 Å². The zero-order chi connectivity index (χ0) is 17.6. The fourth-order valence-corrected chi connectivity index (χ4v) is 4.27. The maximum atomic E-state index is 10.1. The monoisotopic (exact) mass is 345 g/mol. The number of nitrogens with two attached hydrogens (primary N) is 1. The van der Waals surface area contributed by atoms with E-state index in [1.54, 1.807) is 32.0 Å². The van der Waals surface area contributed by atoms with Crippen LogP contribution in [0.25, 0.3) is 0 Å². The van der Waals surface area contributed by atoms with Crippen molar-refractivity contribution in [1.82, 2.24) is 0 Å². The first kappa shape index (κ1) is 16.7. The topological polar surface area (TPSA) is 106 Å². The summed E-state index contributed by atoms with van der Waals surface area (Å²) in [5.74, 6) is -1.83. The van der Waals surface area contributed by atoms with Crippen LogP contribution in [0.5, 0.6) is 0 Å². The number of nitrogens with one attached hydrogen (secondary N) is 1. The van der Waals surface area contributed by atoms with E-state index in [0.29, 0.717) is 23.8 Å². The smallest absolute Gasteiger partial charge is 0.314 e. The summed E-state index contributed by atoms with van der Waals surface area (Å²) in [4.78, 5) is 2.93. The van der Waals surface area contributed by atoms with Gasteiger partial charge in [-0.15, -0.1) is 0 Å². The Labute approximate surface area is 145 Å². The largest absolute Gasteiger partial charge is 0.343 e. The molecule has 1 aliphatic carbocycles. The van der Waals surface area contributed by atoms with Crippen molar-refractivity contribution < 1.29 is 14.5 Å². The molecule has 0 amide bonds. The third-order valence-electron chi connectivity index (χ3n) is 4.91. The predicted octanol–water partition coefficient (Wildman–Crippen LogP) is 0.635. The lowest BCUT2D eigenvalue weighted by molar-refractivity contribution is -0.693. The Hall–Kier alpha value is -2.12. The van der Waals surface area contributed by atoms with E-state index in [1.807, 2.05) is 6.07 Å². The van der Waals surface area contributed by atoms with E-state index < -0.39 is 22.7 Å². The maximum Gasteiger partial charge on any atom is 0.343 e. The molecule has 1 heterocycles. The molecule has 2 aliphatic rings. The van der Waals surface area contributed by atoms with E-state index >= 15 is 0 Å². The van der Waals surface area contributed by atoms with Gasteiger partial charge in [0.1, 0.15) is 0 Å². The number of amidine groups is 1.